The highest BCUT2D eigenvalue weighted by atomic mass is 35.5. The maximum atomic E-state index is 12.0. The molecular formula is C15H18ClNO3. The molecule has 1 heterocycles. The Kier molecular flexibility index (Phi) is 5.01. The number of amides is 1. The van der Waals surface area contributed by atoms with E-state index in [4.69, 9.17) is 16.3 Å². The summed E-state index contributed by atoms with van der Waals surface area (Å²) in [5, 5.41) is 0. The van der Waals surface area contributed by atoms with Crippen LogP contribution in [0.5, 0.6) is 5.75 Å². The van der Waals surface area contributed by atoms with E-state index in [-0.39, 0.29) is 17.8 Å². The molecule has 2 rings (SSSR count). The van der Waals surface area contributed by atoms with Gasteiger partial charge >= 0.3 is 5.97 Å². The molecule has 0 bridgehead atoms. The summed E-state index contributed by atoms with van der Waals surface area (Å²) < 4.78 is 5.36. The van der Waals surface area contributed by atoms with Gasteiger partial charge in [0.25, 0.3) is 0 Å². The summed E-state index contributed by atoms with van der Waals surface area (Å²) in [6.45, 7) is 2.80. The van der Waals surface area contributed by atoms with Crippen molar-refractivity contribution in [2.24, 2.45) is 5.92 Å². The number of hydrogen-bond acceptors (Lipinski definition) is 3. The Morgan fingerprint density at radius 1 is 1.25 bits per heavy atom. The van der Waals surface area contributed by atoms with Gasteiger partial charge in [0.15, 0.2) is 0 Å². The van der Waals surface area contributed by atoms with Crippen LogP contribution in [0.4, 0.5) is 0 Å². The second-order valence-electron chi connectivity index (χ2n) is 4.98. The van der Waals surface area contributed by atoms with Crippen LogP contribution in [-0.2, 0) is 15.5 Å². The smallest absolute Gasteiger partial charge is 0.314 e. The number of alkyl halides is 1. The number of carbonyl (C=O) groups excluding carboxylic acids is 2. The van der Waals surface area contributed by atoms with Crippen molar-refractivity contribution in [2.75, 3.05) is 13.1 Å². The lowest BCUT2D eigenvalue weighted by molar-refractivity contribution is -0.142. The van der Waals surface area contributed by atoms with Crippen molar-refractivity contribution in [1.29, 1.82) is 0 Å². The SMILES string of the molecule is CC(=O)N1CCC(C(=O)Oc2ccc(CCl)cc2)CC1. The summed E-state index contributed by atoms with van der Waals surface area (Å²) in [5.74, 6) is 0.703. The number of likely N-dealkylation sites (tertiary alicyclic amines) is 1. The van der Waals surface area contributed by atoms with Crippen molar-refractivity contribution in [3.8, 4) is 5.75 Å². The van der Waals surface area contributed by atoms with E-state index in [0.29, 0.717) is 37.6 Å². The summed E-state index contributed by atoms with van der Waals surface area (Å²) in [5.41, 5.74) is 0.987. The maximum Gasteiger partial charge on any atom is 0.314 e. The van der Waals surface area contributed by atoms with Gasteiger partial charge in [0, 0.05) is 25.9 Å². The molecule has 1 saturated heterocycles. The molecule has 5 heteroatoms. The van der Waals surface area contributed by atoms with Crippen molar-refractivity contribution >= 4 is 23.5 Å². The molecular weight excluding hydrogens is 278 g/mol. The molecule has 1 amide bonds. The standard InChI is InChI=1S/C15H18ClNO3/c1-11(18)17-8-6-13(7-9-17)15(19)20-14-4-2-12(10-16)3-5-14/h2-5,13H,6-10H2,1H3. The van der Waals surface area contributed by atoms with E-state index in [9.17, 15) is 9.59 Å². The number of esters is 1. The van der Waals surface area contributed by atoms with Gasteiger partial charge in [-0.15, -0.1) is 11.6 Å². The van der Waals surface area contributed by atoms with Gasteiger partial charge in [-0.25, -0.2) is 0 Å². The van der Waals surface area contributed by atoms with Gasteiger partial charge in [-0.2, -0.15) is 0 Å². The van der Waals surface area contributed by atoms with Gasteiger partial charge in [-0.3, -0.25) is 9.59 Å². The first-order valence-corrected chi connectivity index (χ1v) is 7.25. The molecule has 1 fully saturated rings. The molecule has 1 aliphatic heterocycles. The Balaban J connectivity index is 1.87. The predicted molar refractivity (Wildman–Crippen MR) is 76.6 cm³/mol. The summed E-state index contributed by atoms with van der Waals surface area (Å²) in [4.78, 5) is 25.0. The van der Waals surface area contributed by atoms with E-state index < -0.39 is 0 Å². The van der Waals surface area contributed by atoms with Crippen molar-refractivity contribution in [1.82, 2.24) is 4.90 Å². The molecule has 0 aliphatic carbocycles. The fourth-order valence-electron chi connectivity index (χ4n) is 2.28. The zero-order chi connectivity index (χ0) is 14.5. The first-order valence-electron chi connectivity index (χ1n) is 6.72. The van der Waals surface area contributed by atoms with Gasteiger partial charge in [0.1, 0.15) is 5.75 Å². The third-order valence-corrected chi connectivity index (χ3v) is 3.88. The molecule has 4 nitrogen and oxygen atoms in total. The van der Waals surface area contributed by atoms with Crippen LogP contribution in [0.25, 0.3) is 0 Å². The molecule has 108 valence electrons. The van der Waals surface area contributed by atoms with Gasteiger partial charge in [-0.1, -0.05) is 12.1 Å². The zero-order valence-electron chi connectivity index (χ0n) is 11.5. The number of rotatable bonds is 3. The molecule has 0 spiro atoms. The summed E-state index contributed by atoms with van der Waals surface area (Å²) in [7, 11) is 0. The highest BCUT2D eigenvalue weighted by molar-refractivity contribution is 6.17. The average Bonchev–Trinajstić information content (AvgIpc) is 2.48. The second kappa shape index (κ2) is 6.75. The molecule has 0 aromatic heterocycles. The van der Waals surface area contributed by atoms with Crippen LogP contribution in [0, 0.1) is 5.92 Å². The fourth-order valence-corrected chi connectivity index (χ4v) is 2.45. The number of hydrogen-bond donors (Lipinski definition) is 0. The number of ether oxygens (including phenoxy) is 1. The lowest BCUT2D eigenvalue weighted by atomic mass is 9.97. The van der Waals surface area contributed by atoms with E-state index >= 15 is 0 Å². The van der Waals surface area contributed by atoms with Crippen LogP contribution >= 0.6 is 11.6 Å². The number of carbonyl (C=O) groups is 2. The monoisotopic (exact) mass is 295 g/mol. The van der Waals surface area contributed by atoms with Crippen molar-refractivity contribution in [3.63, 3.8) is 0 Å². The third-order valence-electron chi connectivity index (χ3n) is 3.57. The molecule has 0 N–H and O–H groups in total. The van der Waals surface area contributed by atoms with Crippen LogP contribution < -0.4 is 4.74 Å². The first kappa shape index (κ1) is 14.9. The van der Waals surface area contributed by atoms with E-state index in [1.54, 1.807) is 24.0 Å². The minimum Gasteiger partial charge on any atom is -0.426 e. The quantitative estimate of drug-likeness (QED) is 0.489. The third kappa shape index (κ3) is 3.73. The van der Waals surface area contributed by atoms with Crippen LogP contribution in [0.1, 0.15) is 25.3 Å². The fraction of sp³-hybridized carbons (Fsp3) is 0.467. The lowest BCUT2D eigenvalue weighted by Crippen LogP contribution is -2.40. The predicted octanol–water partition coefficient (Wildman–Crippen LogP) is 2.59. The second-order valence-corrected chi connectivity index (χ2v) is 5.25. The van der Waals surface area contributed by atoms with Gasteiger partial charge in [0.2, 0.25) is 5.91 Å². The Labute approximate surface area is 123 Å². The van der Waals surface area contributed by atoms with Crippen LogP contribution in [0.3, 0.4) is 0 Å². The van der Waals surface area contributed by atoms with Crippen LogP contribution in [0.15, 0.2) is 24.3 Å². The van der Waals surface area contributed by atoms with E-state index in [2.05, 4.69) is 0 Å². The Hall–Kier alpha value is -1.55. The molecule has 1 aliphatic rings. The molecule has 0 atom stereocenters. The number of benzene rings is 1. The molecule has 0 saturated carbocycles. The van der Waals surface area contributed by atoms with Crippen LogP contribution in [0.2, 0.25) is 0 Å². The van der Waals surface area contributed by atoms with Crippen molar-refractivity contribution in [2.45, 2.75) is 25.6 Å². The van der Waals surface area contributed by atoms with E-state index in [0.717, 1.165) is 5.56 Å². The van der Waals surface area contributed by atoms with Gasteiger partial charge < -0.3 is 9.64 Å². The number of halogens is 1. The highest BCUT2D eigenvalue weighted by Crippen LogP contribution is 2.21. The van der Waals surface area contributed by atoms with Crippen LogP contribution in [-0.4, -0.2) is 29.9 Å². The largest absolute Gasteiger partial charge is 0.426 e. The van der Waals surface area contributed by atoms with Gasteiger partial charge in [-0.05, 0) is 30.5 Å². The number of nitrogens with zero attached hydrogens (tertiary/aromatic N) is 1. The lowest BCUT2D eigenvalue weighted by Gasteiger charge is -2.29. The Morgan fingerprint density at radius 2 is 1.85 bits per heavy atom. The number of piperidine rings is 1. The first-order chi connectivity index (χ1) is 9.60. The minimum absolute atomic E-state index is 0.0634. The van der Waals surface area contributed by atoms with Gasteiger partial charge in [0.05, 0.1) is 5.92 Å². The topological polar surface area (TPSA) is 46.6 Å². The molecule has 0 unspecified atom stereocenters. The van der Waals surface area contributed by atoms with Crippen molar-refractivity contribution < 1.29 is 14.3 Å². The normalized spacial score (nSPS) is 16.0. The molecule has 20 heavy (non-hydrogen) atoms. The summed E-state index contributed by atoms with van der Waals surface area (Å²) in [6.07, 6.45) is 1.33. The van der Waals surface area contributed by atoms with E-state index in [1.807, 2.05) is 12.1 Å². The van der Waals surface area contributed by atoms with Crippen molar-refractivity contribution in [3.05, 3.63) is 29.8 Å². The minimum atomic E-state index is -0.216. The average molecular weight is 296 g/mol. The molecule has 1 aromatic carbocycles. The Bertz CT molecular complexity index is 478. The summed E-state index contributed by atoms with van der Waals surface area (Å²) >= 11 is 5.71. The molecule has 1 aromatic rings. The molecule has 0 radical (unpaired) electrons. The summed E-state index contributed by atoms with van der Waals surface area (Å²) in [6, 6.07) is 7.18. The van der Waals surface area contributed by atoms with E-state index in [1.165, 1.54) is 0 Å². The maximum absolute atomic E-state index is 12.0. The highest BCUT2D eigenvalue weighted by Gasteiger charge is 2.27. The Morgan fingerprint density at radius 3 is 2.35 bits per heavy atom. The zero-order valence-corrected chi connectivity index (χ0v) is 12.2.